The lowest BCUT2D eigenvalue weighted by molar-refractivity contribution is -0.116. The molecule has 1 aromatic heterocycles. The first kappa shape index (κ1) is 34.9. The van der Waals surface area contributed by atoms with Gasteiger partial charge in [-0.3, -0.25) is 9.59 Å². The molecule has 256 valence electrons. The third kappa shape index (κ3) is 8.55. The molecule has 0 radical (unpaired) electrons. The number of carbonyl (C=O) groups is 2. The number of aromatic nitrogens is 2. The highest BCUT2D eigenvalue weighted by molar-refractivity contribution is 6.33. The lowest BCUT2D eigenvalue weighted by atomic mass is 10.1. The van der Waals surface area contributed by atoms with Crippen LogP contribution in [0.1, 0.15) is 13.3 Å². The number of methoxy groups -OCH3 is 1. The van der Waals surface area contributed by atoms with E-state index in [9.17, 15) is 22.8 Å². The molecule has 5 N–H and O–H groups in total. The van der Waals surface area contributed by atoms with Crippen molar-refractivity contribution < 1.29 is 32.2 Å². The lowest BCUT2D eigenvalue weighted by Crippen LogP contribution is -2.44. The number of fused-ring (bicyclic) bond motifs is 1. The number of halogens is 4. The molecule has 0 spiro atoms. The van der Waals surface area contributed by atoms with Gasteiger partial charge >= 0.3 is 6.18 Å². The quantitative estimate of drug-likeness (QED) is 0.0891. The number of anilines is 4. The summed E-state index contributed by atoms with van der Waals surface area (Å²) in [5.74, 6) is -0.177. The zero-order valence-electron chi connectivity index (χ0n) is 26.4. The summed E-state index contributed by atoms with van der Waals surface area (Å²) in [4.78, 5) is 36.5. The predicted molar refractivity (Wildman–Crippen MR) is 182 cm³/mol. The minimum Gasteiger partial charge on any atom is -0.497 e. The SMILES string of the molecule is CCC(=O)Nc1cc(NC(=O)/C(C=N)=C(/Nc2ccc(OC)cc2)C(F)(F)F)cc(Oc2cc3ncnc(N4CCNCC4)c3cc2Cl)c1. The number of piperazine rings is 1. The first-order chi connectivity index (χ1) is 23.5. The Labute approximate surface area is 284 Å². The summed E-state index contributed by atoms with van der Waals surface area (Å²) in [5.41, 5.74) is -1.73. The Bertz CT molecular complexity index is 1900. The zero-order chi connectivity index (χ0) is 35.1. The van der Waals surface area contributed by atoms with Crippen LogP contribution >= 0.6 is 11.6 Å². The van der Waals surface area contributed by atoms with Gasteiger partial charge in [-0.1, -0.05) is 18.5 Å². The van der Waals surface area contributed by atoms with Crippen molar-refractivity contribution >= 4 is 63.4 Å². The zero-order valence-corrected chi connectivity index (χ0v) is 27.1. The highest BCUT2D eigenvalue weighted by Crippen LogP contribution is 2.38. The van der Waals surface area contributed by atoms with E-state index in [4.69, 9.17) is 26.5 Å². The van der Waals surface area contributed by atoms with Crippen LogP contribution in [0.2, 0.25) is 5.02 Å². The number of rotatable bonds is 11. The molecule has 49 heavy (non-hydrogen) atoms. The fraction of sp³-hybridized carbons (Fsp3) is 0.242. The maximum atomic E-state index is 14.2. The first-order valence-corrected chi connectivity index (χ1v) is 15.4. The molecule has 2 heterocycles. The molecule has 1 aliphatic rings. The van der Waals surface area contributed by atoms with Crippen LogP contribution in [0.4, 0.5) is 36.1 Å². The Kier molecular flexibility index (Phi) is 10.8. The molecular formula is C33H32ClF3N8O4. The minimum atomic E-state index is -5.03. The maximum Gasteiger partial charge on any atom is 0.432 e. The highest BCUT2D eigenvalue weighted by Gasteiger charge is 2.38. The van der Waals surface area contributed by atoms with Crippen LogP contribution in [-0.4, -0.2) is 67.5 Å². The van der Waals surface area contributed by atoms with Gasteiger partial charge in [-0.25, -0.2) is 9.97 Å². The molecule has 5 rings (SSSR count). The monoisotopic (exact) mass is 696 g/mol. The molecule has 12 nitrogen and oxygen atoms in total. The van der Waals surface area contributed by atoms with Crippen molar-refractivity contribution in [1.82, 2.24) is 15.3 Å². The van der Waals surface area contributed by atoms with E-state index < -0.39 is 23.4 Å². The van der Waals surface area contributed by atoms with Gasteiger partial charge in [-0.2, -0.15) is 13.2 Å². The van der Waals surface area contributed by atoms with Gasteiger partial charge in [-0.05, 0) is 36.4 Å². The fourth-order valence-corrected chi connectivity index (χ4v) is 5.19. The summed E-state index contributed by atoms with van der Waals surface area (Å²) < 4.78 is 53.7. The van der Waals surface area contributed by atoms with E-state index in [2.05, 4.69) is 36.1 Å². The number of nitrogens with zero attached hydrogens (tertiary/aromatic N) is 3. The number of alkyl halides is 3. The van der Waals surface area contributed by atoms with Gasteiger partial charge in [0, 0.05) is 79.5 Å². The number of carbonyl (C=O) groups excluding carboxylic acids is 2. The largest absolute Gasteiger partial charge is 0.497 e. The van der Waals surface area contributed by atoms with Crippen molar-refractivity contribution in [3.8, 4) is 17.2 Å². The van der Waals surface area contributed by atoms with Gasteiger partial charge in [0.2, 0.25) is 5.91 Å². The molecule has 0 bridgehead atoms. The number of benzene rings is 3. The van der Waals surface area contributed by atoms with E-state index in [0.717, 1.165) is 32.0 Å². The van der Waals surface area contributed by atoms with Crippen LogP contribution in [-0.2, 0) is 9.59 Å². The lowest BCUT2D eigenvalue weighted by Gasteiger charge is -2.29. The third-order valence-corrected chi connectivity index (χ3v) is 7.68. The van der Waals surface area contributed by atoms with Crippen LogP contribution in [0, 0.1) is 5.41 Å². The van der Waals surface area contributed by atoms with E-state index >= 15 is 0 Å². The number of ether oxygens (including phenoxy) is 2. The van der Waals surface area contributed by atoms with Crippen LogP contribution in [0.25, 0.3) is 10.9 Å². The van der Waals surface area contributed by atoms with Crippen LogP contribution in [0.3, 0.4) is 0 Å². The summed E-state index contributed by atoms with van der Waals surface area (Å²) in [5, 5.41) is 19.2. The molecule has 0 saturated carbocycles. The molecule has 4 aromatic rings. The van der Waals surface area contributed by atoms with Crippen molar-refractivity contribution in [2.75, 3.05) is 54.1 Å². The number of amides is 2. The third-order valence-electron chi connectivity index (χ3n) is 7.38. The molecule has 0 unspecified atom stereocenters. The standard InChI is InChI=1S/C33H32ClF3N8O4/c1-3-29(46)42-20-12-21(44-32(47)25(17-38)30(33(35,36)37)43-19-4-6-22(48-2)7-5-19)14-23(13-20)49-28-16-27-24(15-26(28)34)31(41-18-40-27)45-10-8-39-9-11-45/h4-7,12-18,38-39,43H,3,8-11H2,1-2H3,(H,42,46)(H,44,47)/b30-25+,38-17?. The Hall–Kier alpha value is -5.41. The summed E-state index contributed by atoms with van der Waals surface area (Å²) >= 11 is 6.65. The summed E-state index contributed by atoms with van der Waals surface area (Å²) in [7, 11) is 1.41. The molecular weight excluding hydrogens is 665 g/mol. The predicted octanol–water partition coefficient (Wildman–Crippen LogP) is 6.36. The van der Waals surface area contributed by atoms with Crippen molar-refractivity contribution in [1.29, 1.82) is 5.41 Å². The number of allylic oxidation sites excluding steroid dienone is 1. The Morgan fingerprint density at radius 2 is 1.67 bits per heavy atom. The highest BCUT2D eigenvalue weighted by atomic mass is 35.5. The minimum absolute atomic E-state index is 0.0119. The molecule has 0 aliphatic carbocycles. The summed E-state index contributed by atoms with van der Waals surface area (Å²) in [6.07, 6.45) is -3.15. The average molecular weight is 697 g/mol. The second-order valence-corrected chi connectivity index (χ2v) is 11.1. The second-order valence-electron chi connectivity index (χ2n) is 10.7. The van der Waals surface area contributed by atoms with Gasteiger partial charge in [0.25, 0.3) is 5.91 Å². The molecule has 1 fully saturated rings. The molecule has 1 saturated heterocycles. The molecule has 3 aromatic carbocycles. The van der Waals surface area contributed by atoms with E-state index in [-0.39, 0.29) is 45.9 Å². The molecule has 16 heteroatoms. The van der Waals surface area contributed by atoms with Gasteiger partial charge in [0.05, 0.1) is 23.2 Å². The number of hydrogen-bond acceptors (Lipinski definition) is 10. The average Bonchev–Trinajstić information content (AvgIpc) is 3.08. The Morgan fingerprint density at radius 1 is 0.980 bits per heavy atom. The second kappa shape index (κ2) is 15.2. The van der Waals surface area contributed by atoms with Crippen molar-refractivity contribution in [3.05, 3.63) is 77.2 Å². The van der Waals surface area contributed by atoms with Gasteiger partial charge < -0.3 is 41.1 Å². The maximum absolute atomic E-state index is 14.2. The number of hydrogen-bond donors (Lipinski definition) is 5. The summed E-state index contributed by atoms with van der Waals surface area (Å²) in [6, 6.07) is 13.0. The van der Waals surface area contributed by atoms with Gasteiger partial charge in [-0.15, -0.1) is 0 Å². The van der Waals surface area contributed by atoms with E-state index in [0.29, 0.717) is 22.9 Å². The summed E-state index contributed by atoms with van der Waals surface area (Å²) in [6.45, 7) is 4.75. The van der Waals surface area contributed by atoms with Crippen molar-refractivity contribution in [3.63, 3.8) is 0 Å². The topological polar surface area (TPSA) is 154 Å². The molecule has 0 atom stereocenters. The van der Waals surface area contributed by atoms with Gasteiger partial charge in [0.15, 0.2) is 0 Å². The fourth-order valence-electron chi connectivity index (χ4n) is 4.99. The van der Waals surface area contributed by atoms with Crippen LogP contribution < -0.4 is 35.6 Å². The van der Waals surface area contributed by atoms with E-state index in [1.807, 2.05) is 0 Å². The van der Waals surface area contributed by atoms with E-state index in [1.54, 1.807) is 19.1 Å². The number of nitrogens with one attached hydrogen (secondary N) is 5. The Morgan fingerprint density at radius 3 is 2.31 bits per heavy atom. The molecule has 1 aliphatic heterocycles. The van der Waals surface area contributed by atoms with Gasteiger partial charge in [0.1, 0.15) is 35.1 Å². The van der Waals surface area contributed by atoms with Crippen LogP contribution in [0.15, 0.2) is 72.2 Å². The smallest absolute Gasteiger partial charge is 0.432 e. The van der Waals surface area contributed by atoms with Crippen molar-refractivity contribution in [2.45, 2.75) is 19.5 Å². The molecule has 2 amide bonds. The Balaban J connectivity index is 1.47. The van der Waals surface area contributed by atoms with Crippen molar-refractivity contribution in [2.24, 2.45) is 0 Å². The van der Waals surface area contributed by atoms with Crippen LogP contribution in [0.5, 0.6) is 17.2 Å². The normalized spacial score (nSPS) is 13.7. The first-order valence-electron chi connectivity index (χ1n) is 15.1. The van der Waals surface area contributed by atoms with E-state index in [1.165, 1.54) is 55.9 Å².